The topological polar surface area (TPSA) is 65.3 Å². The van der Waals surface area contributed by atoms with Crippen molar-refractivity contribution < 1.29 is 19.2 Å². The van der Waals surface area contributed by atoms with Gasteiger partial charge in [0.05, 0.1) is 30.6 Å². The Kier molecular flexibility index (Phi) is 4.15. The Labute approximate surface area is 152 Å². The maximum atomic E-state index is 12.1. The molecule has 0 bridgehead atoms. The van der Waals surface area contributed by atoms with Gasteiger partial charge in [-0.05, 0) is 11.6 Å². The minimum Gasteiger partial charge on any atom is -0.515 e. The van der Waals surface area contributed by atoms with Crippen molar-refractivity contribution in [2.45, 2.75) is 18.9 Å². The number of hydrogen-bond donors (Lipinski definition) is 2. The largest absolute Gasteiger partial charge is 0.515 e. The van der Waals surface area contributed by atoms with Crippen LogP contribution in [0.3, 0.4) is 0 Å². The molecule has 0 amide bonds. The number of rotatable bonds is 3. The van der Waals surface area contributed by atoms with Crippen LogP contribution in [0.2, 0.25) is 0 Å². The van der Waals surface area contributed by atoms with Crippen LogP contribution < -0.4 is 0 Å². The average Bonchev–Trinajstić information content (AvgIpc) is 3.07. The van der Waals surface area contributed by atoms with E-state index < -0.39 is 5.97 Å². The van der Waals surface area contributed by atoms with E-state index in [0.717, 1.165) is 24.7 Å². The number of fused-ring (bicyclic) bond motifs is 5. The molecule has 0 unspecified atom stereocenters. The first-order chi connectivity index (χ1) is 12.7. The van der Waals surface area contributed by atoms with E-state index in [4.69, 9.17) is 4.74 Å². The van der Waals surface area contributed by atoms with Crippen molar-refractivity contribution in [3.05, 3.63) is 60.0 Å². The number of nitrogens with zero attached hydrogens (tertiary/aromatic N) is 1. The molecule has 2 aliphatic heterocycles. The van der Waals surface area contributed by atoms with Crippen molar-refractivity contribution in [3.8, 4) is 0 Å². The summed E-state index contributed by atoms with van der Waals surface area (Å²) in [5, 5.41) is 10.9. The van der Waals surface area contributed by atoms with Crippen molar-refractivity contribution in [2.24, 2.45) is 11.8 Å². The van der Waals surface area contributed by atoms with Gasteiger partial charge in [-0.15, -0.1) is 6.58 Å². The zero-order chi connectivity index (χ0) is 18.3. The van der Waals surface area contributed by atoms with Crippen molar-refractivity contribution in [1.82, 2.24) is 4.98 Å². The Balaban J connectivity index is 1.79. The van der Waals surface area contributed by atoms with Gasteiger partial charge in [0.15, 0.2) is 6.04 Å². The van der Waals surface area contributed by atoms with Crippen molar-refractivity contribution in [1.29, 1.82) is 0 Å². The van der Waals surface area contributed by atoms with Crippen molar-refractivity contribution >= 4 is 23.1 Å². The summed E-state index contributed by atoms with van der Waals surface area (Å²) < 4.78 is 7.21. The van der Waals surface area contributed by atoms with Crippen LogP contribution >= 0.6 is 0 Å². The number of H-pyrrole nitrogens is 1. The molecule has 0 spiro atoms. The van der Waals surface area contributed by atoms with Gasteiger partial charge < -0.3 is 14.8 Å². The lowest BCUT2D eigenvalue weighted by atomic mass is 9.77. The third-order valence-corrected chi connectivity index (χ3v) is 5.74. The number of carbonyl (C=O) groups excluding carboxylic acids is 1. The molecule has 0 radical (unpaired) electrons. The summed E-state index contributed by atoms with van der Waals surface area (Å²) in [6, 6.07) is 8.50. The summed E-state index contributed by atoms with van der Waals surface area (Å²) in [6.45, 7) is 4.86. The number of hydrogen-bond acceptors (Lipinski definition) is 3. The number of aromatic nitrogens is 1. The van der Waals surface area contributed by atoms with Gasteiger partial charge in [-0.25, -0.2) is 9.37 Å². The molecule has 0 fully saturated rings. The molecule has 0 saturated carbocycles. The number of para-hydroxylation sites is 1. The number of methoxy groups -OCH3 is 1. The maximum absolute atomic E-state index is 12.1. The minimum atomic E-state index is -0.487. The van der Waals surface area contributed by atoms with Gasteiger partial charge >= 0.3 is 5.97 Å². The first-order valence-corrected chi connectivity index (χ1v) is 8.93. The van der Waals surface area contributed by atoms with Gasteiger partial charge in [0, 0.05) is 29.7 Å². The second-order valence-electron chi connectivity index (χ2n) is 6.95. The molecule has 5 nitrogen and oxygen atoms in total. The van der Waals surface area contributed by atoms with Crippen LogP contribution in [0.15, 0.2) is 48.8 Å². The number of aliphatic hydroxyl groups excluding tert-OH is 1. The fourth-order valence-corrected chi connectivity index (χ4v) is 4.47. The highest BCUT2D eigenvalue weighted by molar-refractivity contribution is 5.89. The Morgan fingerprint density at radius 2 is 2.23 bits per heavy atom. The predicted octanol–water partition coefficient (Wildman–Crippen LogP) is 3.29. The van der Waals surface area contributed by atoms with E-state index in [1.807, 2.05) is 12.1 Å². The zero-order valence-corrected chi connectivity index (χ0v) is 14.8. The molecule has 2 aliphatic rings. The van der Waals surface area contributed by atoms with Crippen LogP contribution in [0.4, 0.5) is 0 Å². The number of aromatic amines is 1. The third-order valence-electron chi connectivity index (χ3n) is 5.74. The van der Waals surface area contributed by atoms with Gasteiger partial charge in [-0.3, -0.25) is 0 Å². The molecule has 1 aromatic heterocycles. The molecule has 1 aromatic carbocycles. The van der Waals surface area contributed by atoms with Crippen molar-refractivity contribution in [3.63, 3.8) is 0 Å². The van der Waals surface area contributed by atoms with Crippen LogP contribution in [-0.2, 0) is 16.0 Å². The van der Waals surface area contributed by atoms with Crippen LogP contribution in [0.5, 0.6) is 0 Å². The molecule has 134 valence electrons. The smallest absolute Gasteiger partial charge is 0.337 e. The standard InChI is InChI=1S/C21H22N2O3/c1-3-13-11-23-9-8-15-14-6-4-5-7-18(14)22-20(15)19(23)10-16(13)17(12-24)21(25)26-2/h3-7,11-13,16,19,22H,1,8-10H2,2H3/p+1/t13-,16-,19-/m0/s1. The van der Waals surface area contributed by atoms with E-state index in [1.165, 1.54) is 23.8 Å². The molecule has 5 heteroatoms. The first-order valence-electron chi connectivity index (χ1n) is 8.93. The lowest BCUT2D eigenvalue weighted by Crippen LogP contribution is -2.39. The minimum absolute atomic E-state index is 0.0188. The predicted molar refractivity (Wildman–Crippen MR) is 100 cm³/mol. The van der Waals surface area contributed by atoms with Gasteiger partial charge in [0.1, 0.15) is 12.8 Å². The SMILES string of the molecule is C=C[C@H]1C=[N+]2CCc3c([nH]c4ccccc34)[C@@H]2C[C@@H]1/C(=C\O)C(=O)OC. The molecule has 0 saturated heterocycles. The van der Waals surface area contributed by atoms with Gasteiger partial charge in [0.25, 0.3) is 0 Å². The molecular weight excluding hydrogens is 328 g/mol. The van der Waals surface area contributed by atoms with Crippen LogP contribution in [0, 0.1) is 11.8 Å². The van der Waals surface area contributed by atoms with Gasteiger partial charge in [0.2, 0.25) is 0 Å². The summed E-state index contributed by atoms with van der Waals surface area (Å²) in [6.07, 6.45) is 6.58. The van der Waals surface area contributed by atoms with E-state index in [1.54, 1.807) is 0 Å². The Morgan fingerprint density at radius 3 is 2.96 bits per heavy atom. The summed E-state index contributed by atoms with van der Waals surface area (Å²) in [7, 11) is 1.34. The molecule has 0 aliphatic carbocycles. The second kappa shape index (κ2) is 6.48. The number of carbonyl (C=O) groups is 1. The number of aliphatic hydroxyl groups is 1. The number of benzene rings is 1. The summed E-state index contributed by atoms with van der Waals surface area (Å²) >= 11 is 0. The highest BCUT2D eigenvalue weighted by Crippen LogP contribution is 2.41. The molecule has 2 aromatic rings. The summed E-state index contributed by atoms with van der Waals surface area (Å²) in [5.41, 5.74) is 4.02. The average molecular weight is 351 g/mol. The lowest BCUT2D eigenvalue weighted by molar-refractivity contribution is -0.581. The second-order valence-corrected chi connectivity index (χ2v) is 6.95. The van der Waals surface area contributed by atoms with E-state index in [2.05, 4.69) is 40.6 Å². The summed E-state index contributed by atoms with van der Waals surface area (Å²) in [4.78, 5) is 15.7. The molecule has 4 rings (SSSR count). The molecule has 2 N–H and O–H groups in total. The van der Waals surface area contributed by atoms with Crippen LogP contribution in [0.1, 0.15) is 23.7 Å². The first kappa shape index (κ1) is 16.6. The monoisotopic (exact) mass is 351 g/mol. The van der Waals surface area contributed by atoms with Crippen LogP contribution in [-0.4, -0.2) is 40.5 Å². The highest BCUT2D eigenvalue weighted by atomic mass is 16.5. The number of esters is 1. The Bertz CT molecular complexity index is 938. The lowest BCUT2D eigenvalue weighted by Gasteiger charge is -2.32. The third kappa shape index (κ3) is 2.46. The number of allylic oxidation sites excluding steroid dienone is 1. The fraction of sp³-hybridized carbons (Fsp3) is 0.333. The maximum Gasteiger partial charge on any atom is 0.337 e. The molecule has 3 atom stereocenters. The van der Waals surface area contributed by atoms with Crippen molar-refractivity contribution in [2.75, 3.05) is 13.7 Å². The summed E-state index contributed by atoms with van der Waals surface area (Å²) in [5.74, 6) is -0.669. The van der Waals surface area contributed by atoms with Crippen LogP contribution in [0.25, 0.3) is 10.9 Å². The zero-order valence-electron chi connectivity index (χ0n) is 14.8. The molecule has 26 heavy (non-hydrogen) atoms. The Morgan fingerprint density at radius 1 is 1.42 bits per heavy atom. The quantitative estimate of drug-likeness (QED) is 0.293. The number of nitrogens with one attached hydrogen (secondary N) is 1. The molecular formula is C21H23N2O3+. The van der Waals surface area contributed by atoms with E-state index in [0.29, 0.717) is 12.0 Å². The number of ether oxygens (including phenoxy) is 1. The van der Waals surface area contributed by atoms with E-state index in [-0.39, 0.29) is 17.9 Å². The van der Waals surface area contributed by atoms with E-state index in [9.17, 15) is 9.90 Å². The fourth-order valence-electron chi connectivity index (χ4n) is 4.47. The Hall–Kier alpha value is -2.82. The van der Waals surface area contributed by atoms with Gasteiger partial charge in [-0.2, -0.15) is 0 Å². The van der Waals surface area contributed by atoms with Gasteiger partial charge in [-0.1, -0.05) is 24.3 Å². The normalized spacial score (nSPS) is 25.2. The highest BCUT2D eigenvalue weighted by Gasteiger charge is 2.43. The van der Waals surface area contributed by atoms with E-state index >= 15 is 0 Å². The molecule has 3 heterocycles.